The average Bonchev–Trinajstić information content (AvgIpc) is 2.72. The molecular weight excluding hydrogens is 264 g/mol. The minimum Gasteiger partial charge on any atom is -0.462 e. The van der Waals surface area contributed by atoms with Crippen molar-refractivity contribution in [3.8, 4) is 0 Å². The number of hydrogen-bond donors (Lipinski definition) is 1. The van der Waals surface area contributed by atoms with E-state index >= 15 is 0 Å². The van der Waals surface area contributed by atoms with Crippen molar-refractivity contribution in [1.82, 2.24) is 4.90 Å². The molecule has 2 fully saturated rings. The van der Waals surface area contributed by atoms with Gasteiger partial charge in [-0.05, 0) is 38.3 Å². The third-order valence-corrected chi connectivity index (χ3v) is 5.06. The van der Waals surface area contributed by atoms with Crippen LogP contribution in [0.5, 0.6) is 0 Å². The van der Waals surface area contributed by atoms with E-state index in [0.29, 0.717) is 18.6 Å². The first-order valence-electron chi connectivity index (χ1n) is 7.86. The lowest BCUT2D eigenvalue weighted by Gasteiger charge is -2.36. The minimum atomic E-state index is -0.344. The molecule has 2 N–H and O–H groups in total. The van der Waals surface area contributed by atoms with E-state index in [-0.39, 0.29) is 18.0 Å². The molecule has 2 aliphatic rings. The summed E-state index contributed by atoms with van der Waals surface area (Å²) in [5, 5.41) is 0. The Morgan fingerprint density at radius 2 is 1.90 bits per heavy atom. The van der Waals surface area contributed by atoms with Crippen LogP contribution in [0.4, 0.5) is 0 Å². The maximum atomic E-state index is 12.4. The lowest BCUT2D eigenvalue weighted by atomic mass is 9.98. The van der Waals surface area contributed by atoms with Gasteiger partial charge >= 0.3 is 5.97 Å². The molecule has 114 valence electrons. The molecule has 1 aromatic carbocycles. The van der Waals surface area contributed by atoms with E-state index in [1.807, 2.05) is 30.3 Å². The summed E-state index contributed by atoms with van der Waals surface area (Å²) in [5.41, 5.74) is 6.74. The van der Waals surface area contributed by atoms with Gasteiger partial charge in [0.1, 0.15) is 6.10 Å². The molecule has 4 nitrogen and oxygen atoms in total. The Bertz CT molecular complexity index is 477. The van der Waals surface area contributed by atoms with Gasteiger partial charge in [0, 0.05) is 18.6 Å². The third kappa shape index (κ3) is 2.97. The van der Waals surface area contributed by atoms with E-state index in [1.54, 1.807) is 0 Å². The highest BCUT2D eigenvalue weighted by molar-refractivity contribution is 5.78. The second kappa shape index (κ2) is 6.16. The van der Waals surface area contributed by atoms with Crippen molar-refractivity contribution < 1.29 is 9.53 Å². The van der Waals surface area contributed by atoms with Gasteiger partial charge in [-0.3, -0.25) is 4.79 Å². The number of nitrogens with zero attached hydrogens (tertiary/aromatic N) is 1. The van der Waals surface area contributed by atoms with Crippen LogP contribution in [0.1, 0.15) is 37.2 Å². The van der Waals surface area contributed by atoms with Gasteiger partial charge < -0.3 is 15.4 Å². The molecule has 2 heterocycles. The van der Waals surface area contributed by atoms with Crippen LogP contribution in [0.2, 0.25) is 0 Å². The average molecular weight is 288 g/mol. The van der Waals surface area contributed by atoms with Crippen LogP contribution in [0.15, 0.2) is 30.3 Å². The highest BCUT2D eigenvalue weighted by Crippen LogP contribution is 2.36. The number of hydrogen-bond acceptors (Lipinski definition) is 4. The maximum Gasteiger partial charge on any atom is 0.314 e. The number of ether oxygens (including phenoxy) is 1. The van der Waals surface area contributed by atoms with Crippen LogP contribution < -0.4 is 5.73 Å². The molecule has 3 unspecified atom stereocenters. The number of esters is 1. The molecule has 0 saturated carbocycles. The predicted octanol–water partition coefficient (Wildman–Crippen LogP) is 1.90. The van der Waals surface area contributed by atoms with E-state index in [9.17, 15) is 4.79 Å². The largest absolute Gasteiger partial charge is 0.462 e. The second-order valence-corrected chi connectivity index (χ2v) is 6.28. The Hall–Kier alpha value is -1.39. The van der Waals surface area contributed by atoms with Crippen molar-refractivity contribution in [2.24, 2.45) is 5.73 Å². The van der Waals surface area contributed by atoms with Gasteiger partial charge in [0.2, 0.25) is 0 Å². The Labute approximate surface area is 126 Å². The number of nitrogens with two attached hydrogens (primary N) is 1. The van der Waals surface area contributed by atoms with E-state index in [1.165, 1.54) is 12.8 Å². The van der Waals surface area contributed by atoms with E-state index in [2.05, 4.69) is 11.9 Å². The fraction of sp³-hybridized carbons (Fsp3) is 0.588. The zero-order chi connectivity index (χ0) is 14.8. The minimum absolute atomic E-state index is 0.0592. The van der Waals surface area contributed by atoms with Crippen molar-refractivity contribution in [3.05, 3.63) is 35.9 Å². The van der Waals surface area contributed by atoms with E-state index in [4.69, 9.17) is 10.5 Å². The van der Waals surface area contributed by atoms with Gasteiger partial charge in [-0.2, -0.15) is 0 Å². The van der Waals surface area contributed by atoms with Crippen molar-refractivity contribution >= 4 is 5.97 Å². The Balaban J connectivity index is 1.63. The van der Waals surface area contributed by atoms with Gasteiger partial charge in [0.05, 0.1) is 5.92 Å². The molecule has 2 saturated heterocycles. The zero-order valence-electron chi connectivity index (χ0n) is 12.6. The van der Waals surface area contributed by atoms with E-state index in [0.717, 1.165) is 18.4 Å². The molecule has 0 radical (unpaired) electrons. The fourth-order valence-corrected chi connectivity index (χ4v) is 3.76. The summed E-state index contributed by atoms with van der Waals surface area (Å²) < 4.78 is 5.78. The first-order chi connectivity index (χ1) is 10.2. The van der Waals surface area contributed by atoms with Crippen LogP contribution in [0.3, 0.4) is 0 Å². The quantitative estimate of drug-likeness (QED) is 0.860. The van der Waals surface area contributed by atoms with E-state index < -0.39 is 0 Å². The topological polar surface area (TPSA) is 55.6 Å². The molecule has 21 heavy (non-hydrogen) atoms. The Morgan fingerprint density at radius 3 is 2.48 bits per heavy atom. The van der Waals surface area contributed by atoms with Crippen LogP contribution in [-0.4, -0.2) is 42.6 Å². The van der Waals surface area contributed by atoms with Gasteiger partial charge in [0.25, 0.3) is 0 Å². The molecule has 4 atom stereocenters. The van der Waals surface area contributed by atoms with Crippen molar-refractivity contribution in [1.29, 1.82) is 0 Å². The van der Waals surface area contributed by atoms with Crippen LogP contribution in [-0.2, 0) is 9.53 Å². The highest BCUT2D eigenvalue weighted by Gasteiger charge is 2.40. The Morgan fingerprint density at radius 1 is 1.29 bits per heavy atom. The zero-order valence-corrected chi connectivity index (χ0v) is 12.6. The summed E-state index contributed by atoms with van der Waals surface area (Å²) in [6, 6.07) is 10.8. The van der Waals surface area contributed by atoms with Gasteiger partial charge in [-0.15, -0.1) is 0 Å². The van der Waals surface area contributed by atoms with Crippen LogP contribution in [0.25, 0.3) is 0 Å². The number of carbonyl (C=O) groups is 1. The van der Waals surface area contributed by atoms with Crippen molar-refractivity contribution in [2.45, 2.75) is 49.8 Å². The highest BCUT2D eigenvalue weighted by atomic mass is 16.5. The first kappa shape index (κ1) is 14.5. The monoisotopic (exact) mass is 288 g/mol. The number of benzene rings is 1. The number of fused-ring (bicyclic) bond motifs is 2. The second-order valence-electron chi connectivity index (χ2n) is 6.28. The lowest BCUT2D eigenvalue weighted by molar-refractivity contribution is -0.154. The first-order valence-corrected chi connectivity index (χ1v) is 7.86. The molecule has 2 bridgehead atoms. The van der Waals surface area contributed by atoms with Crippen LogP contribution >= 0.6 is 0 Å². The van der Waals surface area contributed by atoms with Gasteiger partial charge in [-0.25, -0.2) is 0 Å². The molecule has 4 heteroatoms. The van der Waals surface area contributed by atoms with Crippen molar-refractivity contribution in [3.63, 3.8) is 0 Å². The number of carbonyl (C=O) groups excluding carboxylic acids is 1. The maximum absolute atomic E-state index is 12.4. The summed E-state index contributed by atoms with van der Waals surface area (Å²) in [6.07, 6.45) is 4.45. The number of piperidine rings is 1. The molecule has 2 aliphatic heterocycles. The summed E-state index contributed by atoms with van der Waals surface area (Å²) in [7, 11) is 2.19. The summed E-state index contributed by atoms with van der Waals surface area (Å²) >= 11 is 0. The van der Waals surface area contributed by atoms with Crippen molar-refractivity contribution in [2.75, 3.05) is 13.6 Å². The molecule has 0 aliphatic carbocycles. The summed E-state index contributed by atoms with van der Waals surface area (Å²) in [5.74, 6) is -0.513. The molecule has 0 aromatic heterocycles. The Kier molecular flexibility index (Phi) is 4.27. The van der Waals surface area contributed by atoms with Crippen LogP contribution in [0, 0.1) is 0 Å². The summed E-state index contributed by atoms with van der Waals surface area (Å²) in [6.45, 7) is 0.294. The van der Waals surface area contributed by atoms with Gasteiger partial charge in [-0.1, -0.05) is 30.3 Å². The standard InChI is InChI=1S/C17H24N2O2/c1-19-13-7-8-14(19)10-15(9-13)21-17(20)16(11-18)12-5-3-2-4-6-12/h2-6,13-16H,7-11,18H2,1H3/t13-,14?,15?,16?/m0/s1. The normalized spacial score (nSPS) is 30.1. The summed E-state index contributed by atoms with van der Waals surface area (Å²) in [4.78, 5) is 14.9. The SMILES string of the molecule is CN1C2CC[C@H]1CC(OC(=O)C(CN)c1ccccc1)C2. The lowest BCUT2D eigenvalue weighted by Crippen LogP contribution is -2.44. The fourth-order valence-electron chi connectivity index (χ4n) is 3.76. The predicted molar refractivity (Wildman–Crippen MR) is 81.9 cm³/mol. The third-order valence-electron chi connectivity index (χ3n) is 5.06. The smallest absolute Gasteiger partial charge is 0.314 e. The molecule has 1 aromatic rings. The molecule has 0 spiro atoms. The van der Waals surface area contributed by atoms with Gasteiger partial charge in [0.15, 0.2) is 0 Å². The molecule has 3 rings (SSSR count). The number of rotatable bonds is 4. The molecule has 0 amide bonds. The molecular formula is C17H24N2O2.